The minimum Gasteiger partial charge on any atom is -0.298 e. The smallest absolute Gasteiger partial charge is 0.298 e. The molecule has 150 valence electrons. The maximum Gasteiger partial charge on any atom is 0.332 e. The Hall–Kier alpha value is -3.42. The van der Waals surface area contributed by atoms with Gasteiger partial charge >= 0.3 is 5.69 Å². The summed E-state index contributed by atoms with van der Waals surface area (Å²) in [5.74, 6) is 0.302. The molecule has 0 saturated heterocycles. The van der Waals surface area contributed by atoms with Crippen LogP contribution in [0, 0.1) is 27.7 Å². The highest BCUT2D eigenvalue weighted by Crippen LogP contribution is 2.25. The molecule has 8 heteroatoms. The number of aryl methyl sites for hydroxylation is 4. The number of nitrogens with zero attached hydrogens (tertiary/aromatic N) is 5. The van der Waals surface area contributed by atoms with Crippen LogP contribution in [-0.4, -0.2) is 28.9 Å². The molecule has 0 bridgehead atoms. The molecule has 0 N–H and O–H groups in total. The average Bonchev–Trinajstić information content (AvgIpc) is 3.15. The quantitative estimate of drug-likeness (QED) is 0.533. The fraction of sp³-hybridized carbons (Fsp3) is 0.333. The fourth-order valence-electron chi connectivity index (χ4n) is 3.79. The fourth-order valence-corrected chi connectivity index (χ4v) is 3.79. The summed E-state index contributed by atoms with van der Waals surface area (Å²) in [7, 11) is 1.57. The SMILES string of the molecule is CC(=O)Cn1c(=O)c2c(nc3n(-c4ccc(C)c(C)c4)c(C)c(C)n23)n(C)c1=O. The highest BCUT2D eigenvalue weighted by molar-refractivity contribution is 5.79. The molecule has 0 spiro atoms. The van der Waals surface area contributed by atoms with E-state index in [2.05, 4.69) is 18.0 Å². The molecule has 0 saturated carbocycles. The molecule has 1 aromatic carbocycles. The number of rotatable bonds is 3. The van der Waals surface area contributed by atoms with E-state index in [0.717, 1.165) is 27.2 Å². The number of hydrogen-bond donors (Lipinski definition) is 0. The first-order valence-corrected chi connectivity index (χ1v) is 9.40. The molecule has 0 unspecified atom stereocenters. The highest BCUT2D eigenvalue weighted by atomic mass is 16.2. The second-order valence-corrected chi connectivity index (χ2v) is 7.63. The topological polar surface area (TPSA) is 83.3 Å². The average molecular weight is 393 g/mol. The Morgan fingerprint density at radius 3 is 2.34 bits per heavy atom. The zero-order valence-electron chi connectivity index (χ0n) is 17.4. The lowest BCUT2D eigenvalue weighted by atomic mass is 10.1. The minimum atomic E-state index is -0.550. The van der Waals surface area contributed by atoms with E-state index in [0.29, 0.717) is 16.9 Å². The van der Waals surface area contributed by atoms with Crippen molar-refractivity contribution in [1.29, 1.82) is 0 Å². The number of benzene rings is 1. The van der Waals surface area contributed by atoms with E-state index in [1.807, 2.05) is 37.5 Å². The number of Topliss-reactive ketones (excluding diaryl/α,β-unsaturated/α-hetero) is 1. The van der Waals surface area contributed by atoms with Crippen molar-refractivity contribution < 1.29 is 4.79 Å². The number of imidazole rings is 2. The van der Waals surface area contributed by atoms with E-state index in [1.165, 1.54) is 17.1 Å². The Labute approximate surface area is 166 Å². The summed E-state index contributed by atoms with van der Waals surface area (Å²) in [6.07, 6.45) is 0. The Balaban J connectivity index is 2.18. The normalized spacial score (nSPS) is 11.7. The van der Waals surface area contributed by atoms with Crippen LogP contribution in [0.2, 0.25) is 0 Å². The monoisotopic (exact) mass is 393 g/mol. The Morgan fingerprint density at radius 1 is 1.03 bits per heavy atom. The molecule has 8 nitrogen and oxygen atoms in total. The maximum absolute atomic E-state index is 13.1. The third-order valence-corrected chi connectivity index (χ3v) is 5.65. The number of carbonyl (C=O) groups is 1. The minimum absolute atomic E-state index is 0.259. The van der Waals surface area contributed by atoms with Gasteiger partial charge in [0.2, 0.25) is 5.78 Å². The van der Waals surface area contributed by atoms with Gasteiger partial charge in [-0.25, -0.2) is 4.79 Å². The highest BCUT2D eigenvalue weighted by Gasteiger charge is 2.23. The van der Waals surface area contributed by atoms with Crippen LogP contribution < -0.4 is 11.2 Å². The van der Waals surface area contributed by atoms with Gasteiger partial charge in [-0.15, -0.1) is 0 Å². The Morgan fingerprint density at radius 2 is 1.72 bits per heavy atom. The number of carbonyl (C=O) groups excluding carboxylic acids is 1. The predicted octanol–water partition coefficient (Wildman–Crippen LogP) is 1.96. The summed E-state index contributed by atoms with van der Waals surface area (Å²) >= 11 is 0. The van der Waals surface area contributed by atoms with Crippen LogP contribution in [-0.2, 0) is 18.4 Å². The van der Waals surface area contributed by atoms with E-state index in [9.17, 15) is 14.4 Å². The van der Waals surface area contributed by atoms with Gasteiger partial charge in [0, 0.05) is 24.1 Å². The van der Waals surface area contributed by atoms with Crippen molar-refractivity contribution in [3.05, 3.63) is 61.6 Å². The van der Waals surface area contributed by atoms with Crippen molar-refractivity contribution >= 4 is 22.7 Å². The Kier molecular flexibility index (Phi) is 4.11. The number of ketones is 1. The van der Waals surface area contributed by atoms with Gasteiger partial charge in [-0.1, -0.05) is 6.07 Å². The molecular weight excluding hydrogens is 370 g/mol. The zero-order valence-corrected chi connectivity index (χ0v) is 17.4. The van der Waals surface area contributed by atoms with Crippen LogP contribution in [0.3, 0.4) is 0 Å². The molecule has 29 heavy (non-hydrogen) atoms. The van der Waals surface area contributed by atoms with Crippen molar-refractivity contribution in [3.63, 3.8) is 0 Å². The molecule has 3 aromatic heterocycles. The van der Waals surface area contributed by atoms with E-state index in [1.54, 1.807) is 11.4 Å². The molecule has 0 aliphatic heterocycles. The molecule has 0 aliphatic rings. The lowest BCUT2D eigenvalue weighted by Crippen LogP contribution is -2.40. The van der Waals surface area contributed by atoms with E-state index in [-0.39, 0.29) is 12.3 Å². The Bertz CT molecular complexity index is 1450. The van der Waals surface area contributed by atoms with Gasteiger partial charge in [0.25, 0.3) is 5.56 Å². The summed E-state index contributed by atoms with van der Waals surface area (Å²) in [4.78, 5) is 42.1. The number of aromatic nitrogens is 5. The van der Waals surface area contributed by atoms with Gasteiger partial charge in [0.05, 0.1) is 6.54 Å². The third-order valence-electron chi connectivity index (χ3n) is 5.65. The molecule has 3 heterocycles. The standard InChI is InChI=1S/C21H23N5O3/c1-11-7-8-16(9-12(11)2)25-14(4)15(5)26-17-18(22-20(25)26)23(6)21(29)24(19(17)28)10-13(3)27/h7-9H,10H2,1-6H3. The van der Waals surface area contributed by atoms with Crippen LogP contribution in [0.25, 0.3) is 22.6 Å². The van der Waals surface area contributed by atoms with E-state index >= 15 is 0 Å². The number of hydrogen-bond acceptors (Lipinski definition) is 4. The second-order valence-electron chi connectivity index (χ2n) is 7.63. The van der Waals surface area contributed by atoms with Crippen LogP contribution in [0.15, 0.2) is 27.8 Å². The maximum atomic E-state index is 13.1. The summed E-state index contributed by atoms with van der Waals surface area (Å²) in [6.45, 7) is 9.09. The third kappa shape index (κ3) is 2.59. The molecule has 0 radical (unpaired) electrons. The first-order chi connectivity index (χ1) is 13.6. The second kappa shape index (κ2) is 6.30. The molecule has 4 rings (SSSR count). The molecular formula is C21H23N5O3. The van der Waals surface area contributed by atoms with Gasteiger partial charge in [-0.2, -0.15) is 4.98 Å². The first-order valence-electron chi connectivity index (χ1n) is 9.40. The van der Waals surface area contributed by atoms with Gasteiger partial charge in [-0.05, 0) is 57.9 Å². The van der Waals surface area contributed by atoms with Gasteiger partial charge in [0.1, 0.15) is 5.78 Å². The first kappa shape index (κ1) is 18.9. The lowest BCUT2D eigenvalue weighted by Gasteiger charge is -2.09. The zero-order chi connectivity index (χ0) is 21.2. The van der Waals surface area contributed by atoms with Crippen LogP contribution in [0.1, 0.15) is 29.4 Å². The molecule has 0 atom stereocenters. The van der Waals surface area contributed by atoms with Gasteiger partial charge < -0.3 is 0 Å². The van der Waals surface area contributed by atoms with Crippen LogP contribution in [0.4, 0.5) is 0 Å². The largest absolute Gasteiger partial charge is 0.332 e. The molecule has 0 amide bonds. The predicted molar refractivity (Wildman–Crippen MR) is 111 cm³/mol. The van der Waals surface area contributed by atoms with Crippen molar-refractivity contribution in [2.75, 3.05) is 0 Å². The van der Waals surface area contributed by atoms with Crippen molar-refractivity contribution in [3.8, 4) is 5.69 Å². The molecule has 0 fully saturated rings. The van der Waals surface area contributed by atoms with Crippen LogP contribution >= 0.6 is 0 Å². The summed E-state index contributed by atoms with van der Waals surface area (Å²) < 4.78 is 6.06. The lowest BCUT2D eigenvalue weighted by molar-refractivity contribution is -0.117. The van der Waals surface area contributed by atoms with Crippen LogP contribution in [0.5, 0.6) is 0 Å². The van der Waals surface area contributed by atoms with Crippen molar-refractivity contribution in [2.24, 2.45) is 7.05 Å². The van der Waals surface area contributed by atoms with Crippen molar-refractivity contribution in [2.45, 2.75) is 41.2 Å². The summed E-state index contributed by atoms with van der Waals surface area (Å²) in [5.41, 5.74) is 4.62. The van der Waals surface area contributed by atoms with Crippen molar-refractivity contribution in [1.82, 2.24) is 23.1 Å². The van der Waals surface area contributed by atoms with E-state index in [4.69, 9.17) is 0 Å². The van der Waals surface area contributed by atoms with E-state index < -0.39 is 11.2 Å². The number of fused-ring (bicyclic) bond motifs is 3. The molecule has 4 aromatic rings. The molecule has 0 aliphatic carbocycles. The summed E-state index contributed by atoms with van der Waals surface area (Å²) in [5, 5.41) is 0. The summed E-state index contributed by atoms with van der Waals surface area (Å²) in [6, 6.07) is 6.14. The van der Waals surface area contributed by atoms with Gasteiger partial charge in [0.15, 0.2) is 11.2 Å². The van der Waals surface area contributed by atoms with Gasteiger partial charge in [-0.3, -0.25) is 27.7 Å².